The molecule has 1 aliphatic carbocycles. The fraction of sp³-hybridized carbons (Fsp3) is 0.308. The molecule has 9 nitrogen and oxygen atoms in total. The first-order chi connectivity index (χ1) is 17.0. The number of alkyl carbamates (subject to hydrolysis) is 1. The first kappa shape index (κ1) is 24.0. The van der Waals surface area contributed by atoms with Gasteiger partial charge in [-0.1, -0.05) is 60.1 Å². The number of carboxylic acid groups (broad SMARTS) is 1. The molecule has 2 amide bonds. The van der Waals surface area contributed by atoms with E-state index in [4.69, 9.17) is 14.4 Å². The van der Waals surface area contributed by atoms with Crippen molar-refractivity contribution < 1.29 is 28.8 Å². The van der Waals surface area contributed by atoms with Crippen LogP contribution in [0.25, 0.3) is 11.1 Å². The molecule has 1 aromatic heterocycles. The Labute approximate surface area is 202 Å². The highest BCUT2D eigenvalue weighted by Gasteiger charge is 2.29. The summed E-state index contributed by atoms with van der Waals surface area (Å²) in [6.45, 7) is 0.575. The molecule has 0 fully saturated rings. The van der Waals surface area contributed by atoms with Gasteiger partial charge in [0, 0.05) is 18.9 Å². The van der Waals surface area contributed by atoms with E-state index in [1.54, 1.807) is 0 Å². The van der Waals surface area contributed by atoms with E-state index in [9.17, 15) is 14.4 Å². The van der Waals surface area contributed by atoms with E-state index in [-0.39, 0.29) is 37.0 Å². The molecule has 4 rings (SSSR count). The van der Waals surface area contributed by atoms with Crippen LogP contribution in [0, 0.1) is 0 Å². The van der Waals surface area contributed by atoms with Gasteiger partial charge in [-0.25, -0.2) is 4.79 Å². The zero-order valence-corrected chi connectivity index (χ0v) is 19.2. The lowest BCUT2D eigenvalue weighted by molar-refractivity contribution is -0.137. The Morgan fingerprint density at radius 3 is 2.31 bits per heavy atom. The fourth-order valence-corrected chi connectivity index (χ4v) is 4.25. The zero-order valence-electron chi connectivity index (χ0n) is 19.2. The molecule has 2 aromatic carbocycles. The van der Waals surface area contributed by atoms with Crippen LogP contribution < -0.4 is 10.6 Å². The topological polar surface area (TPSA) is 131 Å². The number of rotatable bonds is 11. The molecule has 3 N–H and O–H groups in total. The van der Waals surface area contributed by atoms with Crippen molar-refractivity contribution in [3.8, 4) is 11.1 Å². The number of ether oxygens (including phenoxy) is 1. The number of carboxylic acids is 1. The molecular formula is C26H27N3O6. The Balaban J connectivity index is 1.25. The summed E-state index contributed by atoms with van der Waals surface area (Å²) in [7, 11) is 0. The average molecular weight is 478 g/mol. The first-order valence-electron chi connectivity index (χ1n) is 11.6. The van der Waals surface area contributed by atoms with Crippen LogP contribution in [-0.2, 0) is 16.1 Å². The summed E-state index contributed by atoms with van der Waals surface area (Å²) >= 11 is 0. The Morgan fingerprint density at radius 2 is 1.63 bits per heavy atom. The summed E-state index contributed by atoms with van der Waals surface area (Å²) in [4.78, 5) is 35.3. The minimum Gasteiger partial charge on any atom is -0.481 e. The van der Waals surface area contributed by atoms with Gasteiger partial charge in [-0.05, 0) is 35.1 Å². The lowest BCUT2D eigenvalue weighted by atomic mass is 9.98. The molecule has 0 spiro atoms. The van der Waals surface area contributed by atoms with Gasteiger partial charge >= 0.3 is 12.1 Å². The quantitative estimate of drug-likeness (QED) is 0.355. The molecule has 0 aliphatic heterocycles. The maximum absolute atomic E-state index is 12.4. The highest BCUT2D eigenvalue weighted by Crippen LogP contribution is 2.44. The second kappa shape index (κ2) is 11.3. The maximum atomic E-state index is 12.4. The van der Waals surface area contributed by atoms with Crippen LogP contribution >= 0.6 is 0 Å². The number of unbranched alkanes of at least 4 members (excludes halogenated alkanes) is 2. The monoisotopic (exact) mass is 477 g/mol. The maximum Gasteiger partial charge on any atom is 0.407 e. The predicted molar refractivity (Wildman–Crippen MR) is 127 cm³/mol. The largest absolute Gasteiger partial charge is 0.481 e. The predicted octanol–water partition coefficient (Wildman–Crippen LogP) is 4.09. The van der Waals surface area contributed by atoms with E-state index in [0.717, 1.165) is 22.3 Å². The van der Waals surface area contributed by atoms with Gasteiger partial charge in [0.05, 0.1) is 6.54 Å². The van der Waals surface area contributed by atoms with Crippen molar-refractivity contribution in [3.63, 3.8) is 0 Å². The molecule has 1 aliphatic rings. The molecule has 0 bridgehead atoms. The van der Waals surface area contributed by atoms with Gasteiger partial charge in [0.15, 0.2) is 0 Å². The molecule has 0 unspecified atom stereocenters. The van der Waals surface area contributed by atoms with Gasteiger partial charge in [0.25, 0.3) is 5.91 Å². The van der Waals surface area contributed by atoms with Crippen molar-refractivity contribution in [1.29, 1.82) is 0 Å². The number of nitrogens with zero attached hydrogens (tertiary/aromatic N) is 1. The van der Waals surface area contributed by atoms with Crippen LogP contribution in [0.5, 0.6) is 0 Å². The molecule has 0 atom stereocenters. The molecule has 0 saturated carbocycles. The SMILES string of the molecule is O=C(O)CCCCCNC(=O)c1conc1CNC(=O)OCC1c2ccccc2-c2ccccc21. The highest BCUT2D eigenvalue weighted by molar-refractivity contribution is 5.94. The number of fused-ring (bicyclic) bond motifs is 3. The molecule has 35 heavy (non-hydrogen) atoms. The fourth-order valence-electron chi connectivity index (χ4n) is 4.25. The van der Waals surface area contributed by atoms with Gasteiger partial charge in [-0.2, -0.15) is 0 Å². The molecule has 182 valence electrons. The minimum atomic E-state index is -0.827. The third kappa shape index (κ3) is 5.87. The summed E-state index contributed by atoms with van der Waals surface area (Å²) in [5.74, 6) is -1.24. The third-order valence-electron chi connectivity index (χ3n) is 5.99. The second-order valence-electron chi connectivity index (χ2n) is 8.31. The minimum absolute atomic E-state index is 0.0193. The second-order valence-corrected chi connectivity index (χ2v) is 8.31. The molecule has 9 heteroatoms. The van der Waals surface area contributed by atoms with Crippen LogP contribution in [0.4, 0.5) is 4.79 Å². The number of hydrogen-bond donors (Lipinski definition) is 3. The Bertz CT molecular complexity index is 1160. The van der Waals surface area contributed by atoms with E-state index in [1.165, 1.54) is 6.26 Å². The van der Waals surface area contributed by atoms with Crippen LogP contribution in [0.3, 0.4) is 0 Å². The van der Waals surface area contributed by atoms with E-state index in [1.807, 2.05) is 36.4 Å². The van der Waals surface area contributed by atoms with E-state index in [2.05, 4.69) is 27.9 Å². The van der Waals surface area contributed by atoms with E-state index < -0.39 is 12.1 Å². The smallest absolute Gasteiger partial charge is 0.407 e. The summed E-state index contributed by atoms with van der Waals surface area (Å²) < 4.78 is 10.4. The standard InChI is InChI=1S/C26H27N3O6/c30-24(31)12-2-1-7-13-27-25(32)22-16-35-29-23(22)14-28-26(33)34-15-21-19-10-5-3-8-17(19)18-9-4-6-11-20(18)21/h3-6,8-11,16,21H,1-2,7,12-15H2,(H,27,32)(H,28,33)(H,30,31). The summed E-state index contributed by atoms with van der Waals surface area (Å²) in [6.07, 6.45) is 2.66. The van der Waals surface area contributed by atoms with E-state index >= 15 is 0 Å². The van der Waals surface area contributed by atoms with Crippen molar-refractivity contribution in [2.24, 2.45) is 0 Å². The van der Waals surface area contributed by atoms with Gasteiger partial charge < -0.3 is 25.0 Å². The molecule has 3 aromatic rings. The third-order valence-corrected chi connectivity index (χ3v) is 5.99. The number of benzene rings is 2. The normalized spacial score (nSPS) is 12.0. The van der Waals surface area contributed by atoms with Crippen molar-refractivity contribution >= 4 is 18.0 Å². The summed E-state index contributed by atoms with van der Waals surface area (Å²) in [5.41, 5.74) is 5.07. The van der Waals surface area contributed by atoms with Crippen LogP contribution in [0.15, 0.2) is 59.3 Å². The Morgan fingerprint density at radius 1 is 0.943 bits per heavy atom. The molecule has 0 radical (unpaired) electrons. The average Bonchev–Trinajstić information content (AvgIpc) is 3.46. The van der Waals surface area contributed by atoms with Gasteiger partial charge in [-0.15, -0.1) is 0 Å². The number of carbonyl (C=O) groups is 3. The van der Waals surface area contributed by atoms with Crippen molar-refractivity contribution in [2.45, 2.75) is 38.1 Å². The van der Waals surface area contributed by atoms with E-state index in [0.29, 0.717) is 31.5 Å². The number of aromatic nitrogens is 1. The van der Waals surface area contributed by atoms with Gasteiger partial charge in [0.2, 0.25) is 0 Å². The molecule has 1 heterocycles. The lowest BCUT2D eigenvalue weighted by Gasteiger charge is -2.14. The molecular weight excluding hydrogens is 450 g/mol. The number of amides is 2. The van der Waals surface area contributed by atoms with Crippen LogP contribution in [-0.4, -0.2) is 41.4 Å². The number of carbonyl (C=O) groups excluding carboxylic acids is 2. The highest BCUT2D eigenvalue weighted by atomic mass is 16.5. The summed E-state index contributed by atoms with van der Waals surface area (Å²) in [5, 5.41) is 17.8. The van der Waals surface area contributed by atoms with Crippen LogP contribution in [0.1, 0.15) is 58.8 Å². The van der Waals surface area contributed by atoms with Gasteiger partial charge in [0.1, 0.15) is 24.1 Å². The van der Waals surface area contributed by atoms with Crippen molar-refractivity contribution in [1.82, 2.24) is 15.8 Å². The Hall–Kier alpha value is -4.14. The number of aliphatic carboxylic acids is 1. The van der Waals surface area contributed by atoms with Crippen LogP contribution in [0.2, 0.25) is 0 Å². The zero-order chi connectivity index (χ0) is 24.6. The Kier molecular flexibility index (Phi) is 7.77. The number of hydrogen-bond acceptors (Lipinski definition) is 6. The van der Waals surface area contributed by atoms with Crippen molar-refractivity contribution in [2.75, 3.05) is 13.2 Å². The van der Waals surface area contributed by atoms with Crippen molar-refractivity contribution in [3.05, 3.63) is 77.2 Å². The first-order valence-corrected chi connectivity index (χ1v) is 11.6. The molecule has 0 saturated heterocycles. The number of nitrogens with one attached hydrogen (secondary N) is 2. The summed E-state index contributed by atoms with van der Waals surface area (Å²) in [6, 6.07) is 16.2. The van der Waals surface area contributed by atoms with Gasteiger partial charge in [-0.3, -0.25) is 9.59 Å². The lowest BCUT2D eigenvalue weighted by Crippen LogP contribution is -2.29.